The van der Waals surface area contributed by atoms with Crippen LogP contribution in [0.15, 0.2) is 12.1 Å². The number of nitrogens with two attached hydrogens (primary N) is 1. The molecular formula is C7H5F2NO2. The van der Waals surface area contributed by atoms with Gasteiger partial charge in [-0.3, -0.25) is 4.79 Å². The molecule has 1 aromatic rings. The summed E-state index contributed by atoms with van der Waals surface area (Å²) >= 11 is 0. The fourth-order valence-electron chi connectivity index (χ4n) is 0.717. The highest BCUT2D eigenvalue weighted by Gasteiger charge is 2.11. The zero-order valence-corrected chi connectivity index (χ0v) is 5.84. The van der Waals surface area contributed by atoms with Crippen LogP contribution in [0.2, 0.25) is 0 Å². The predicted molar refractivity (Wildman–Crippen MR) is 36.5 cm³/mol. The molecule has 1 rings (SSSR count). The van der Waals surface area contributed by atoms with Gasteiger partial charge in [0.25, 0.3) is 0 Å². The van der Waals surface area contributed by atoms with Crippen molar-refractivity contribution in [2.75, 3.05) is 0 Å². The van der Waals surface area contributed by atoms with Gasteiger partial charge in [-0.15, -0.1) is 0 Å². The Bertz CT molecular complexity index is 315. The van der Waals surface area contributed by atoms with Gasteiger partial charge in [0, 0.05) is 5.56 Å². The maximum absolute atomic E-state index is 12.5. The summed E-state index contributed by atoms with van der Waals surface area (Å²) in [7, 11) is 0. The van der Waals surface area contributed by atoms with Gasteiger partial charge in [0.1, 0.15) is 0 Å². The third-order valence-electron chi connectivity index (χ3n) is 1.29. The summed E-state index contributed by atoms with van der Waals surface area (Å²) in [6.45, 7) is 0. The topological polar surface area (TPSA) is 63.3 Å². The fourth-order valence-corrected chi connectivity index (χ4v) is 0.717. The molecule has 0 atom stereocenters. The number of benzene rings is 1. The number of amides is 1. The van der Waals surface area contributed by atoms with Gasteiger partial charge in [-0.2, -0.15) is 4.39 Å². The van der Waals surface area contributed by atoms with Crippen molar-refractivity contribution in [2.45, 2.75) is 0 Å². The van der Waals surface area contributed by atoms with Crippen LogP contribution >= 0.6 is 0 Å². The minimum Gasteiger partial charge on any atom is -0.505 e. The molecule has 0 radical (unpaired) electrons. The minimum atomic E-state index is -1.39. The zero-order valence-electron chi connectivity index (χ0n) is 5.84. The van der Waals surface area contributed by atoms with Crippen molar-refractivity contribution < 1.29 is 18.7 Å². The van der Waals surface area contributed by atoms with E-state index in [1.54, 1.807) is 0 Å². The molecule has 3 nitrogen and oxygen atoms in total. The zero-order chi connectivity index (χ0) is 9.30. The second kappa shape index (κ2) is 2.77. The summed E-state index contributed by atoms with van der Waals surface area (Å²) < 4.78 is 24.9. The van der Waals surface area contributed by atoms with Gasteiger partial charge in [-0.05, 0) is 12.1 Å². The number of carbonyl (C=O) groups is 1. The smallest absolute Gasteiger partial charge is 0.248 e. The van der Waals surface area contributed by atoms with E-state index >= 15 is 0 Å². The summed E-state index contributed by atoms with van der Waals surface area (Å²) in [5, 5.41) is 8.71. The molecule has 0 aliphatic carbocycles. The number of primary amides is 1. The molecule has 3 N–H and O–H groups in total. The van der Waals surface area contributed by atoms with Crippen LogP contribution in [0, 0.1) is 11.6 Å². The Morgan fingerprint density at radius 1 is 1.42 bits per heavy atom. The van der Waals surface area contributed by atoms with Gasteiger partial charge in [0.2, 0.25) is 5.91 Å². The highest BCUT2D eigenvalue weighted by molar-refractivity contribution is 5.93. The first-order valence-electron chi connectivity index (χ1n) is 3.00. The van der Waals surface area contributed by atoms with Gasteiger partial charge in [0.15, 0.2) is 17.4 Å². The maximum Gasteiger partial charge on any atom is 0.248 e. The molecule has 0 unspecified atom stereocenters. The molecule has 0 bridgehead atoms. The molecule has 0 aromatic heterocycles. The monoisotopic (exact) mass is 173 g/mol. The molecule has 12 heavy (non-hydrogen) atoms. The van der Waals surface area contributed by atoms with Crippen molar-refractivity contribution in [3.8, 4) is 5.75 Å². The van der Waals surface area contributed by atoms with Crippen molar-refractivity contribution >= 4 is 5.91 Å². The van der Waals surface area contributed by atoms with Crippen LogP contribution in [0.1, 0.15) is 10.4 Å². The highest BCUT2D eigenvalue weighted by Crippen LogP contribution is 2.19. The van der Waals surface area contributed by atoms with Gasteiger partial charge < -0.3 is 10.8 Å². The van der Waals surface area contributed by atoms with E-state index in [0.717, 1.165) is 6.07 Å². The molecule has 0 aliphatic rings. The van der Waals surface area contributed by atoms with Crippen LogP contribution in [0.25, 0.3) is 0 Å². The van der Waals surface area contributed by atoms with E-state index in [2.05, 4.69) is 0 Å². The third kappa shape index (κ3) is 1.34. The lowest BCUT2D eigenvalue weighted by Crippen LogP contribution is -2.11. The van der Waals surface area contributed by atoms with Crippen LogP contribution < -0.4 is 5.73 Å². The van der Waals surface area contributed by atoms with E-state index in [4.69, 9.17) is 10.8 Å². The molecule has 0 saturated heterocycles. The van der Waals surface area contributed by atoms with Gasteiger partial charge in [-0.1, -0.05) is 0 Å². The van der Waals surface area contributed by atoms with E-state index in [1.807, 2.05) is 0 Å². The fraction of sp³-hybridized carbons (Fsp3) is 0. The summed E-state index contributed by atoms with van der Waals surface area (Å²) in [6, 6.07) is 1.39. The molecule has 0 saturated carbocycles. The van der Waals surface area contributed by atoms with E-state index in [0.29, 0.717) is 6.07 Å². The van der Waals surface area contributed by atoms with Crippen molar-refractivity contribution in [1.82, 2.24) is 0 Å². The molecular weight excluding hydrogens is 168 g/mol. The largest absolute Gasteiger partial charge is 0.505 e. The highest BCUT2D eigenvalue weighted by atomic mass is 19.2. The quantitative estimate of drug-likeness (QED) is 0.658. The molecule has 1 amide bonds. The lowest BCUT2D eigenvalue weighted by atomic mass is 10.2. The lowest BCUT2D eigenvalue weighted by Gasteiger charge is -1.99. The Hall–Kier alpha value is -1.65. The van der Waals surface area contributed by atoms with E-state index in [-0.39, 0.29) is 5.56 Å². The van der Waals surface area contributed by atoms with Crippen LogP contribution in [0.3, 0.4) is 0 Å². The molecule has 0 fully saturated rings. The van der Waals surface area contributed by atoms with Crippen LogP contribution in [0.4, 0.5) is 8.78 Å². The first-order chi connectivity index (χ1) is 5.52. The summed E-state index contributed by atoms with van der Waals surface area (Å²) in [5.41, 5.74) is 4.49. The van der Waals surface area contributed by atoms with Gasteiger partial charge in [0.05, 0.1) is 0 Å². The van der Waals surface area contributed by atoms with Gasteiger partial charge >= 0.3 is 0 Å². The first-order valence-corrected chi connectivity index (χ1v) is 3.00. The Labute approximate surface area is 66.4 Å². The number of hydrogen-bond acceptors (Lipinski definition) is 2. The van der Waals surface area contributed by atoms with E-state index < -0.39 is 23.3 Å². The van der Waals surface area contributed by atoms with Crippen molar-refractivity contribution in [3.05, 3.63) is 29.3 Å². The van der Waals surface area contributed by atoms with Crippen molar-refractivity contribution in [2.24, 2.45) is 5.73 Å². The second-order valence-corrected chi connectivity index (χ2v) is 2.16. The number of aromatic hydroxyl groups is 1. The summed E-state index contributed by atoms with van der Waals surface area (Å²) in [4.78, 5) is 10.4. The van der Waals surface area contributed by atoms with Gasteiger partial charge in [-0.25, -0.2) is 4.39 Å². The van der Waals surface area contributed by atoms with Crippen LogP contribution in [-0.2, 0) is 0 Å². The summed E-state index contributed by atoms with van der Waals surface area (Å²) in [6.07, 6.45) is 0. The van der Waals surface area contributed by atoms with Crippen LogP contribution in [-0.4, -0.2) is 11.0 Å². The third-order valence-corrected chi connectivity index (χ3v) is 1.29. The number of phenols is 1. The second-order valence-electron chi connectivity index (χ2n) is 2.16. The Balaban J connectivity index is 3.31. The molecule has 5 heteroatoms. The van der Waals surface area contributed by atoms with Crippen molar-refractivity contribution in [3.63, 3.8) is 0 Å². The maximum atomic E-state index is 12.5. The van der Waals surface area contributed by atoms with Crippen molar-refractivity contribution in [1.29, 1.82) is 0 Å². The average Bonchev–Trinajstić information content (AvgIpc) is 1.99. The van der Waals surface area contributed by atoms with E-state index in [9.17, 15) is 13.6 Å². The van der Waals surface area contributed by atoms with Crippen LogP contribution in [0.5, 0.6) is 5.75 Å². The number of halogens is 2. The molecule has 1 aromatic carbocycles. The first kappa shape index (κ1) is 8.45. The number of carbonyl (C=O) groups excluding carboxylic acids is 1. The Morgan fingerprint density at radius 3 is 2.42 bits per heavy atom. The average molecular weight is 173 g/mol. The number of phenolic OH excluding ortho intramolecular Hbond substituents is 1. The standard InChI is InChI=1S/C7H5F2NO2/c8-4-1-3(7(10)12)2-5(11)6(4)9/h1-2,11H,(H2,10,12). The normalized spacial score (nSPS) is 9.83. The summed E-state index contributed by atoms with van der Waals surface area (Å²) in [5.74, 6) is -4.54. The number of rotatable bonds is 1. The van der Waals surface area contributed by atoms with E-state index in [1.165, 1.54) is 0 Å². The molecule has 0 aliphatic heterocycles. The lowest BCUT2D eigenvalue weighted by molar-refractivity contribution is 0.0999. The Kier molecular flexibility index (Phi) is 1.95. The SMILES string of the molecule is NC(=O)c1cc(O)c(F)c(F)c1. The molecule has 0 spiro atoms. The molecule has 0 heterocycles. The predicted octanol–water partition coefficient (Wildman–Crippen LogP) is 0.769. The Morgan fingerprint density at radius 2 is 2.00 bits per heavy atom. The number of hydrogen-bond donors (Lipinski definition) is 2. The molecule has 64 valence electrons. The minimum absolute atomic E-state index is 0.272.